The summed E-state index contributed by atoms with van der Waals surface area (Å²) >= 11 is 0. The summed E-state index contributed by atoms with van der Waals surface area (Å²) in [6.45, 7) is 0.615. The Hall–Kier alpha value is -1.39. The number of esters is 1. The van der Waals surface area contributed by atoms with Crippen LogP contribution < -0.4 is 5.73 Å². The van der Waals surface area contributed by atoms with Gasteiger partial charge in [0.05, 0.1) is 11.7 Å². The van der Waals surface area contributed by atoms with E-state index in [0.717, 1.165) is 37.7 Å². The third kappa shape index (κ3) is 4.05. The maximum Gasteiger partial charge on any atom is 0.338 e. The first-order valence-electron chi connectivity index (χ1n) is 7.25. The van der Waals surface area contributed by atoms with E-state index in [1.165, 1.54) is 0 Å². The number of nitrogens with two attached hydrogens (primary N) is 1. The van der Waals surface area contributed by atoms with Crippen LogP contribution in [-0.4, -0.2) is 31.8 Å². The van der Waals surface area contributed by atoms with Gasteiger partial charge in [-0.1, -0.05) is 12.1 Å². The van der Waals surface area contributed by atoms with Crippen molar-refractivity contribution in [2.75, 3.05) is 13.7 Å². The molecule has 1 aromatic carbocycles. The standard InChI is InChI=1S/C16H23NO3/c1-19-14-3-2-4-15(11-14)20-16(18)13-7-5-12(6-8-13)9-10-17/h5-8,14-15H,2-4,9-11,17H2,1H3. The quantitative estimate of drug-likeness (QED) is 0.839. The zero-order valence-corrected chi connectivity index (χ0v) is 12.0. The number of ether oxygens (including phenoxy) is 2. The first-order valence-corrected chi connectivity index (χ1v) is 7.25. The van der Waals surface area contributed by atoms with Gasteiger partial charge in [0.25, 0.3) is 0 Å². The van der Waals surface area contributed by atoms with E-state index in [9.17, 15) is 4.79 Å². The fourth-order valence-electron chi connectivity index (χ4n) is 2.62. The first-order chi connectivity index (χ1) is 9.72. The molecule has 2 atom stereocenters. The molecule has 1 aliphatic carbocycles. The number of benzene rings is 1. The van der Waals surface area contributed by atoms with Crippen LogP contribution in [0, 0.1) is 0 Å². The van der Waals surface area contributed by atoms with E-state index in [4.69, 9.17) is 15.2 Å². The van der Waals surface area contributed by atoms with Gasteiger partial charge in [-0.2, -0.15) is 0 Å². The van der Waals surface area contributed by atoms with Crippen molar-refractivity contribution in [2.24, 2.45) is 5.73 Å². The highest BCUT2D eigenvalue weighted by molar-refractivity contribution is 5.89. The van der Waals surface area contributed by atoms with E-state index in [-0.39, 0.29) is 18.2 Å². The van der Waals surface area contributed by atoms with E-state index in [1.807, 2.05) is 24.3 Å². The van der Waals surface area contributed by atoms with Gasteiger partial charge in [0.2, 0.25) is 0 Å². The van der Waals surface area contributed by atoms with Crippen molar-refractivity contribution in [1.29, 1.82) is 0 Å². The number of hydrogen-bond acceptors (Lipinski definition) is 4. The second-order valence-electron chi connectivity index (χ2n) is 5.29. The van der Waals surface area contributed by atoms with E-state index in [0.29, 0.717) is 12.1 Å². The Morgan fingerprint density at radius 3 is 2.60 bits per heavy atom. The van der Waals surface area contributed by atoms with Gasteiger partial charge in [-0.15, -0.1) is 0 Å². The zero-order chi connectivity index (χ0) is 14.4. The molecule has 4 heteroatoms. The van der Waals surface area contributed by atoms with Gasteiger partial charge in [-0.3, -0.25) is 0 Å². The average Bonchev–Trinajstić information content (AvgIpc) is 2.48. The van der Waals surface area contributed by atoms with Crippen LogP contribution in [0.3, 0.4) is 0 Å². The molecule has 0 saturated heterocycles. The summed E-state index contributed by atoms with van der Waals surface area (Å²) in [7, 11) is 1.71. The molecule has 2 rings (SSSR count). The first kappa shape index (κ1) is 15.0. The molecule has 2 N–H and O–H groups in total. The Kier molecular flexibility index (Phi) is 5.56. The van der Waals surface area contributed by atoms with Gasteiger partial charge < -0.3 is 15.2 Å². The molecule has 0 amide bonds. The summed E-state index contributed by atoms with van der Waals surface area (Å²) in [6.07, 6.45) is 4.85. The van der Waals surface area contributed by atoms with Crippen LogP contribution in [0.4, 0.5) is 0 Å². The van der Waals surface area contributed by atoms with E-state index in [1.54, 1.807) is 7.11 Å². The largest absolute Gasteiger partial charge is 0.459 e. The second-order valence-corrected chi connectivity index (χ2v) is 5.29. The van der Waals surface area contributed by atoms with Crippen LogP contribution >= 0.6 is 0 Å². The number of carbonyl (C=O) groups is 1. The minimum atomic E-state index is -0.244. The SMILES string of the molecule is COC1CCCC(OC(=O)c2ccc(CCN)cc2)C1. The predicted molar refractivity (Wildman–Crippen MR) is 77.7 cm³/mol. The molecule has 1 saturated carbocycles. The third-order valence-corrected chi connectivity index (χ3v) is 3.81. The predicted octanol–water partition coefficient (Wildman–Crippen LogP) is 2.30. The van der Waals surface area contributed by atoms with Crippen molar-refractivity contribution in [3.8, 4) is 0 Å². The smallest absolute Gasteiger partial charge is 0.338 e. The Balaban J connectivity index is 1.90. The van der Waals surface area contributed by atoms with Crippen molar-refractivity contribution >= 4 is 5.97 Å². The highest BCUT2D eigenvalue weighted by Gasteiger charge is 2.25. The molecule has 0 radical (unpaired) electrons. The van der Waals surface area contributed by atoms with E-state index >= 15 is 0 Å². The van der Waals surface area contributed by atoms with Gasteiger partial charge in [0.1, 0.15) is 6.10 Å². The van der Waals surface area contributed by atoms with Crippen molar-refractivity contribution in [3.63, 3.8) is 0 Å². The third-order valence-electron chi connectivity index (χ3n) is 3.81. The Morgan fingerprint density at radius 2 is 1.95 bits per heavy atom. The average molecular weight is 277 g/mol. The Morgan fingerprint density at radius 1 is 1.25 bits per heavy atom. The molecule has 1 fully saturated rings. The van der Waals surface area contributed by atoms with E-state index < -0.39 is 0 Å². The van der Waals surface area contributed by atoms with Crippen LogP contribution in [0.2, 0.25) is 0 Å². The monoisotopic (exact) mass is 277 g/mol. The molecular weight excluding hydrogens is 254 g/mol. The molecule has 2 unspecified atom stereocenters. The summed E-state index contributed by atoms with van der Waals surface area (Å²) in [5.41, 5.74) is 7.25. The van der Waals surface area contributed by atoms with Crippen LogP contribution in [0.5, 0.6) is 0 Å². The molecular formula is C16H23NO3. The van der Waals surface area contributed by atoms with Gasteiger partial charge >= 0.3 is 5.97 Å². The van der Waals surface area contributed by atoms with Crippen LogP contribution in [0.1, 0.15) is 41.6 Å². The molecule has 1 aromatic rings. The lowest BCUT2D eigenvalue weighted by Crippen LogP contribution is -2.29. The van der Waals surface area contributed by atoms with Gasteiger partial charge in [0, 0.05) is 13.5 Å². The number of rotatable bonds is 5. The normalized spacial score (nSPS) is 22.5. The number of methoxy groups -OCH3 is 1. The molecule has 110 valence electrons. The lowest BCUT2D eigenvalue weighted by Gasteiger charge is -2.27. The molecule has 0 aliphatic heterocycles. The van der Waals surface area contributed by atoms with Crippen LogP contribution in [-0.2, 0) is 15.9 Å². The van der Waals surface area contributed by atoms with Gasteiger partial charge in [-0.25, -0.2) is 4.79 Å². The Bertz CT molecular complexity index is 430. The molecule has 0 heterocycles. The summed E-state index contributed by atoms with van der Waals surface area (Å²) in [5.74, 6) is -0.244. The van der Waals surface area contributed by atoms with Crippen molar-refractivity contribution in [2.45, 2.75) is 44.3 Å². The van der Waals surface area contributed by atoms with Crippen LogP contribution in [0.15, 0.2) is 24.3 Å². The van der Waals surface area contributed by atoms with Crippen molar-refractivity contribution < 1.29 is 14.3 Å². The van der Waals surface area contributed by atoms with Gasteiger partial charge in [-0.05, 0) is 49.9 Å². The number of hydrogen-bond donors (Lipinski definition) is 1. The lowest BCUT2D eigenvalue weighted by molar-refractivity contribution is -0.0149. The summed E-state index contributed by atoms with van der Waals surface area (Å²) in [6, 6.07) is 7.48. The molecule has 4 nitrogen and oxygen atoms in total. The highest BCUT2D eigenvalue weighted by atomic mass is 16.5. The van der Waals surface area contributed by atoms with Gasteiger partial charge in [0.15, 0.2) is 0 Å². The topological polar surface area (TPSA) is 61.5 Å². The van der Waals surface area contributed by atoms with Crippen molar-refractivity contribution in [3.05, 3.63) is 35.4 Å². The molecule has 20 heavy (non-hydrogen) atoms. The van der Waals surface area contributed by atoms with E-state index in [2.05, 4.69) is 0 Å². The second kappa shape index (κ2) is 7.41. The summed E-state index contributed by atoms with van der Waals surface area (Å²) in [5, 5.41) is 0. The number of carbonyl (C=O) groups excluding carboxylic acids is 1. The maximum absolute atomic E-state index is 12.1. The lowest BCUT2D eigenvalue weighted by atomic mass is 9.95. The minimum Gasteiger partial charge on any atom is -0.459 e. The molecule has 0 spiro atoms. The van der Waals surface area contributed by atoms with Crippen molar-refractivity contribution in [1.82, 2.24) is 0 Å². The van der Waals surface area contributed by atoms with Crippen LogP contribution in [0.25, 0.3) is 0 Å². The minimum absolute atomic E-state index is 0.0232. The molecule has 1 aliphatic rings. The highest BCUT2D eigenvalue weighted by Crippen LogP contribution is 2.24. The molecule has 0 bridgehead atoms. The fraction of sp³-hybridized carbons (Fsp3) is 0.562. The Labute approximate surface area is 120 Å². The fourth-order valence-corrected chi connectivity index (χ4v) is 2.62. The zero-order valence-electron chi connectivity index (χ0n) is 12.0. The maximum atomic E-state index is 12.1. The summed E-state index contributed by atoms with van der Waals surface area (Å²) in [4.78, 5) is 12.1. The summed E-state index contributed by atoms with van der Waals surface area (Å²) < 4.78 is 10.9. The molecule has 0 aromatic heterocycles.